The van der Waals surface area contributed by atoms with E-state index in [0.29, 0.717) is 0 Å². The van der Waals surface area contributed by atoms with Crippen molar-refractivity contribution in [3.8, 4) is 0 Å². The van der Waals surface area contributed by atoms with Gasteiger partial charge in [-0.3, -0.25) is 4.99 Å². The van der Waals surface area contributed by atoms with Gasteiger partial charge >= 0.3 is 0 Å². The Morgan fingerprint density at radius 3 is 2.68 bits per heavy atom. The van der Waals surface area contributed by atoms with E-state index >= 15 is 0 Å². The highest BCUT2D eigenvalue weighted by molar-refractivity contribution is 7.98. The first-order valence-electron chi connectivity index (χ1n) is 7.46. The number of thioether (sulfide) groups is 1. The van der Waals surface area contributed by atoms with Crippen molar-refractivity contribution in [2.45, 2.75) is 26.2 Å². The SMILES string of the molecule is CCNC(=NCCC1CCN(C)CC1)NCCSC. The molecule has 1 heterocycles. The summed E-state index contributed by atoms with van der Waals surface area (Å²) in [6.45, 7) is 7.48. The summed E-state index contributed by atoms with van der Waals surface area (Å²) < 4.78 is 0. The first kappa shape index (κ1) is 16.6. The molecule has 0 aromatic heterocycles. The molecule has 0 aromatic carbocycles. The molecule has 0 aromatic rings. The summed E-state index contributed by atoms with van der Waals surface area (Å²) in [7, 11) is 2.22. The van der Waals surface area contributed by atoms with Gasteiger partial charge in [0.05, 0.1) is 0 Å². The van der Waals surface area contributed by atoms with E-state index in [9.17, 15) is 0 Å². The maximum Gasteiger partial charge on any atom is 0.191 e. The zero-order valence-corrected chi connectivity index (χ0v) is 13.6. The highest BCUT2D eigenvalue weighted by atomic mass is 32.2. The molecule has 1 fully saturated rings. The molecule has 1 aliphatic heterocycles. The van der Waals surface area contributed by atoms with Crippen molar-refractivity contribution in [2.75, 3.05) is 51.8 Å². The van der Waals surface area contributed by atoms with Crippen LogP contribution in [0, 0.1) is 5.92 Å². The Bertz CT molecular complexity index is 250. The topological polar surface area (TPSA) is 39.7 Å². The van der Waals surface area contributed by atoms with E-state index in [0.717, 1.165) is 37.3 Å². The van der Waals surface area contributed by atoms with Gasteiger partial charge in [0, 0.05) is 25.4 Å². The number of rotatable bonds is 7. The quantitative estimate of drug-likeness (QED) is 0.424. The Morgan fingerprint density at radius 2 is 2.05 bits per heavy atom. The predicted molar refractivity (Wildman–Crippen MR) is 87.2 cm³/mol. The van der Waals surface area contributed by atoms with Crippen LogP contribution in [0.15, 0.2) is 4.99 Å². The number of aliphatic imine (C=N–C) groups is 1. The van der Waals surface area contributed by atoms with Crippen molar-refractivity contribution in [1.82, 2.24) is 15.5 Å². The van der Waals surface area contributed by atoms with Crippen LogP contribution in [0.1, 0.15) is 26.2 Å². The molecule has 0 aliphatic carbocycles. The van der Waals surface area contributed by atoms with Crippen molar-refractivity contribution < 1.29 is 0 Å². The molecule has 0 atom stereocenters. The van der Waals surface area contributed by atoms with Crippen LogP contribution in [0.25, 0.3) is 0 Å². The van der Waals surface area contributed by atoms with Crippen LogP contribution in [-0.2, 0) is 0 Å². The fourth-order valence-electron chi connectivity index (χ4n) is 2.32. The minimum absolute atomic E-state index is 0.869. The molecule has 0 saturated carbocycles. The average Bonchev–Trinajstić information content (AvgIpc) is 2.41. The van der Waals surface area contributed by atoms with Gasteiger partial charge in [-0.1, -0.05) is 0 Å². The second-order valence-electron chi connectivity index (χ2n) is 5.22. The number of guanidine groups is 1. The van der Waals surface area contributed by atoms with E-state index in [4.69, 9.17) is 0 Å². The lowest BCUT2D eigenvalue weighted by atomic mass is 9.94. The smallest absolute Gasteiger partial charge is 0.191 e. The summed E-state index contributed by atoms with van der Waals surface area (Å²) in [5.74, 6) is 2.97. The second-order valence-corrected chi connectivity index (χ2v) is 6.20. The van der Waals surface area contributed by atoms with Crippen LogP contribution in [0.2, 0.25) is 0 Å². The average molecular weight is 286 g/mol. The number of piperidine rings is 1. The van der Waals surface area contributed by atoms with Crippen molar-refractivity contribution in [1.29, 1.82) is 0 Å². The first-order valence-corrected chi connectivity index (χ1v) is 8.85. The van der Waals surface area contributed by atoms with Gasteiger partial charge in [0.25, 0.3) is 0 Å². The van der Waals surface area contributed by atoms with Gasteiger partial charge < -0.3 is 15.5 Å². The van der Waals surface area contributed by atoms with Gasteiger partial charge in [-0.2, -0.15) is 11.8 Å². The summed E-state index contributed by atoms with van der Waals surface area (Å²) in [5, 5.41) is 6.68. The van der Waals surface area contributed by atoms with E-state index in [2.05, 4.69) is 40.8 Å². The molecule has 5 heteroatoms. The fourth-order valence-corrected chi connectivity index (χ4v) is 2.63. The summed E-state index contributed by atoms with van der Waals surface area (Å²) in [6, 6.07) is 0. The van der Waals surface area contributed by atoms with Crippen LogP contribution < -0.4 is 10.6 Å². The lowest BCUT2D eigenvalue weighted by molar-refractivity contribution is 0.214. The molecule has 1 saturated heterocycles. The normalized spacial score (nSPS) is 18.6. The van der Waals surface area contributed by atoms with Crippen molar-refractivity contribution in [3.63, 3.8) is 0 Å². The summed E-state index contributed by atoms with van der Waals surface area (Å²) >= 11 is 1.86. The molecule has 0 radical (unpaired) electrons. The molecule has 112 valence electrons. The lowest BCUT2D eigenvalue weighted by Crippen LogP contribution is -2.38. The summed E-state index contributed by atoms with van der Waals surface area (Å²) in [6.07, 6.45) is 6.03. The third-order valence-electron chi connectivity index (χ3n) is 3.59. The molecule has 19 heavy (non-hydrogen) atoms. The Morgan fingerprint density at radius 1 is 1.32 bits per heavy atom. The Hall–Kier alpha value is -0.420. The van der Waals surface area contributed by atoms with Crippen LogP contribution >= 0.6 is 11.8 Å². The molecule has 4 nitrogen and oxygen atoms in total. The lowest BCUT2D eigenvalue weighted by Gasteiger charge is -2.28. The Labute approximate surface area is 122 Å². The third kappa shape index (κ3) is 7.67. The van der Waals surface area contributed by atoms with Gasteiger partial charge in [-0.25, -0.2) is 0 Å². The maximum absolute atomic E-state index is 4.67. The minimum Gasteiger partial charge on any atom is -0.357 e. The predicted octanol–water partition coefficient (Wildman–Crippen LogP) is 1.64. The van der Waals surface area contributed by atoms with E-state index in [1.54, 1.807) is 0 Å². The molecule has 2 N–H and O–H groups in total. The van der Waals surface area contributed by atoms with Crippen molar-refractivity contribution >= 4 is 17.7 Å². The van der Waals surface area contributed by atoms with Gasteiger partial charge in [0.2, 0.25) is 0 Å². The first-order chi connectivity index (χ1) is 9.26. The fraction of sp³-hybridized carbons (Fsp3) is 0.929. The number of nitrogens with zero attached hydrogens (tertiary/aromatic N) is 2. The van der Waals surface area contributed by atoms with Crippen LogP contribution in [0.5, 0.6) is 0 Å². The van der Waals surface area contributed by atoms with Crippen LogP contribution in [0.3, 0.4) is 0 Å². The van der Waals surface area contributed by atoms with E-state index in [1.165, 1.54) is 32.4 Å². The molecule has 0 amide bonds. The van der Waals surface area contributed by atoms with Gasteiger partial charge in [0.15, 0.2) is 5.96 Å². The Balaban J connectivity index is 2.22. The van der Waals surface area contributed by atoms with Crippen molar-refractivity contribution in [2.24, 2.45) is 10.9 Å². The van der Waals surface area contributed by atoms with E-state index in [-0.39, 0.29) is 0 Å². The minimum atomic E-state index is 0.869. The largest absolute Gasteiger partial charge is 0.357 e. The van der Waals surface area contributed by atoms with Gasteiger partial charge in [-0.15, -0.1) is 0 Å². The van der Waals surface area contributed by atoms with Gasteiger partial charge in [0.1, 0.15) is 0 Å². The van der Waals surface area contributed by atoms with Crippen LogP contribution in [0.4, 0.5) is 0 Å². The maximum atomic E-state index is 4.67. The molecule has 0 unspecified atom stereocenters. The Kier molecular flexibility index (Phi) is 9.08. The van der Waals surface area contributed by atoms with E-state index in [1.807, 2.05) is 11.8 Å². The van der Waals surface area contributed by atoms with E-state index < -0.39 is 0 Å². The van der Waals surface area contributed by atoms with Crippen molar-refractivity contribution in [3.05, 3.63) is 0 Å². The van der Waals surface area contributed by atoms with Gasteiger partial charge in [-0.05, 0) is 58.5 Å². The number of hydrogen-bond donors (Lipinski definition) is 2. The summed E-state index contributed by atoms with van der Waals surface area (Å²) in [5.41, 5.74) is 0. The second kappa shape index (κ2) is 10.4. The molecule has 1 aliphatic rings. The standard InChI is InChI=1S/C14H30N4S/c1-4-15-14(17-9-12-19-3)16-8-5-13-6-10-18(2)11-7-13/h13H,4-12H2,1-3H3,(H2,15,16,17). The van der Waals surface area contributed by atoms with Crippen LogP contribution in [-0.4, -0.2) is 62.6 Å². The molecule has 0 spiro atoms. The number of likely N-dealkylation sites (tertiary alicyclic amines) is 1. The third-order valence-corrected chi connectivity index (χ3v) is 4.20. The molecule has 0 bridgehead atoms. The number of hydrogen-bond acceptors (Lipinski definition) is 3. The molecule has 1 rings (SSSR count). The zero-order valence-electron chi connectivity index (χ0n) is 12.7. The number of nitrogens with one attached hydrogen (secondary N) is 2. The zero-order chi connectivity index (χ0) is 13.9. The molecular formula is C14H30N4S. The monoisotopic (exact) mass is 286 g/mol. The highest BCUT2D eigenvalue weighted by Gasteiger charge is 2.15. The highest BCUT2D eigenvalue weighted by Crippen LogP contribution is 2.19. The molecular weight excluding hydrogens is 256 g/mol. The summed E-state index contributed by atoms with van der Waals surface area (Å²) in [4.78, 5) is 7.09.